The molecule has 2 aliphatic heterocycles. The van der Waals surface area contributed by atoms with Crippen LogP contribution in [-0.2, 0) is 5.41 Å². The molecule has 1 atom stereocenters. The first-order chi connectivity index (χ1) is 13.5. The Morgan fingerprint density at radius 2 is 1.68 bits per heavy atom. The molecule has 0 aromatic heterocycles. The molecule has 2 heterocycles. The fourth-order valence-electron chi connectivity index (χ4n) is 4.00. The van der Waals surface area contributed by atoms with E-state index in [4.69, 9.17) is 4.74 Å². The number of ether oxygens (including phenoxy) is 1. The van der Waals surface area contributed by atoms with Crippen molar-refractivity contribution in [1.82, 2.24) is 0 Å². The van der Waals surface area contributed by atoms with Crippen LogP contribution in [0.2, 0.25) is 0 Å². The van der Waals surface area contributed by atoms with E-state index in [1.807, 2.05) is 54.7 Å². The first kappa shape index (κ1) is 16.8. The Kier molecular flexibility index (Phi) is 3.47. The fourth-order valence-corrected chi connectivity index (χ4v) is 4.00. The first-order valence-corrected chi connectivity index (χ1v) is 9.36. The summed E-state index contributed by atoms with van der Waals surface area (Å²) in [6.45, 7) is 4.30. The van der Waals surface area contributed by atoms with Gasteiger partial charge in [-0.15, -0.1) is 0 Å². The zero-order valence-electron chi connectivity index (χ0n) is 15.8. The van der Waals surface area contributed by atoms with Crippen LogP contribution in [0.4, 0.5) is 11.4 Å². The minimum atomic E-state index is -0.755. The van der Waals surface area contributed by atoms with Crippen molar-refractivity contribution in [3.63, 3.8) is 0 Å². The lowest BCUT2D eigenvalue weighted by Gasteiger charge is -2.40. The van der Waals surface area contributed by atoms with Crippen LogP contribution in [0.15, 0.2) is 77.8 Å². The third-order valence-corrected chi connectivity index (χ3v) is 5.76. The predicted octanol–water partition coefficient (Wildman–Crippen LogP) is 5.11. The number of nitrogens with zero attached hydrogens (tertiary/aromatic N) is 1. The molecule has 1 unspecified atom stereocenters. The van der Waals surface area contributed by atoms with Crippen molar-refractivity contribution in [2.24, 2.45) is 4.99 Å². The molecule has 5 rings (SSSR count). The largest absolute Gasteiger partial charge is 0.460 e. The van der Waals surface area contributed by atoms with Crippen molar-refractivity contribution in [1.29, 1.82) is 0 Å². The van der Waals surface area contributed by atoms with E-state index in [9.17, 15) is 4.79 Å². The smallest absolute Gasteiger partial charge is 0.226 e. The maximum absolute atomic E-state index is 12.7. The minimum absolute atomic E-state index is 0.0226. The summed E-state index contributed by atoms with van der Waals surface area (Å²) in [5.41, 5.74) is 3.12. The van der Waals surface area contributed by atoms with Crippen molar-refractivity contribution >= 4 is 23.4 Å². The van der Waals surface area contributed by atoms with E-state index >= 15 is 0 Å². The van der Waals surface area contributed by atoms with Crippen LogP contribution >= 0.6 is 0 Å². The van der Waals surface area contributed by atoms with Crippen molar-refractivity contribution in [3.05, 3.63) is 89.5 Å². The van der Waals surface area contributed by atoms with Crippen LogP contribution in [0.3, 0.4) is 0 Å². The number of anilines is 1. The predicted molar refractivity (Wildman–Crippen MR) is 111 cm³/mol. The number of carbonyl (C=O) groups excluding carboxylic acids is 1. The molecule has 4 nitrogen and oxygen atoms in total. The molecule has 1 N–H and O–H groups in total. The number of carbonyl (C=O) groups is 1. The lowest BCUT2D eigenvalue weighted by Crippen LogP contribution is -2.56. The van der Waals surface area contributed by atoms with E-state index in [0.29, 0.717) is 22.6 Å². The molecule has 0 amide bonds. The molecule has 3 aromatic rings. The molecule has 1 spiro atoms. The summed E-state index contributed by atoms with van der Waals surface area (Å²) in [5.74, 6) is 0.645. The second kappa shape index (κ2) is 5.80. The fraction of sp³-hybridized carbons (Fsp3) is 0.167. The van der Waals surface area contributed by atoms with Gasteiger partial charge in [-0.25, -0.2) is 0 Å². The molecule has 2 aliphatic rings. The van der Waals surface area contributed by atoms with Gasteiger partial charge in [0, 0.05) is 16.8 Å². The molecule has 0 aliphatic carbocycles. The summed E-state index contributed by atoms with van der Waals surface area (Å²) < 4.78 is 6.45. The highest BCUT2D eigenvalue weighted by Crippen LogP contribution is 2.50. The molecular formula is C24H20N2O2. The van der Waals surface area contributed by atoms with Gasteiger partial charge < -0.3 is 10.1 Å². The molecule has 0 saturated heterocycles. The van der Waals surface area contributed by atoms with Gasteiger partial charge in [0.1, 0.15) is 11.4 Å². The number of para-hydroxylation sites is 1. The number of rotatable bonds is 2. The van der Waals surface area contributed by atoms with Crippen molar-refractivity contribution in [3.8, 4) is 5.75 Å². The van der Waals surface area contributed by atoms with Crippen LogP contribution in [0.25, 0.3) is 0 Å². The molecule has 28 heavy (non-hydrogen) atoms. The molecule has 0 radical (unpaired) electrons. The zero-order valence-corrected chi connectivity index (χ0v) is 15.8. The van der Waals surface area contributed by atoms with E-state index in [0.717, 1.165) is 5.69 Å². The van der Waals surface area contributed by atoms with Gasteiger partial charge >= 0.3 is 0 Å². The van der Waals surface area contributed by atoms with Gasteiger partial charge in [-0.05, 0) is 43.7 Å². The van der Waals surface area contributed by atoms with Gasteiger partial charge in [0.05, 0.1) is 11.6 Å². The Hall–Kier alpha value is -3.40. The van der Waals surface area contributed by atoms with Crippen LogP contribution < -0.4 is 10.1 Å². The minimum Gasteiger partial charge on any atom is -0.460 e. The normalized spacial score (nSPS) is 20.8. The number of hydrogen-bond acceptors (Lipinski definition) is 4. The Morgan fingerprint density at radius 3 is 2.46 bits per heavy atom. The summed E-state index contributed by atoms with van der Waals surface area (Å²) >= 11 is 0. The maximum atomic E-state index is 12.7. The first-order valence-electron chi connectivity index (χ1n) is 9.36. The summed E-state index contributed by atoms with van der Waals surface area (Å²) in [6, 6.07) is 22.9. The standard InChI is InChI=1S/C24H20N2O2/c1-23(2)18-10-6-7-11-19(18)26-24(23)15-25-20-14-17(12-13-21(20)28-24)22(27)16-8-4-3-5-9-16/h3-15,26H,1-2H3. The Bertz CT molecular complexity index is 1120. The number of ketones is 1. The van der Waals surface area contributed by atoms with Gasteiger partial charge in [0.2, 0.25) is 5.72 Å². The number of hydrogen-bond donors (Lipinski definition) is 1. The monoisotopic (exact) mass is 368 g/mol. The molecule has 0 bridgehead atoms. The number of nitrogens with one attached hydrogen (secondary N) is 1. The summed E-state index contributed by atoms with van der Waals surface area (Å²) in [4.78, 5) is 17.4. The second-order valence-corrected chi connectivity index (χ2v) is 7.77. The zero-order chi connectivity index (χ0) is 19.4. The van der Waals surface area contributed by atoms with Crippen LogP contribution in [0, 0.1) is 0 Å². The highest BCUT2D eigenvalue weighted by molar-refractivity contribution is 6.09. The van der Waals surface area contributed by atoms with Crippen LogP contribution in [0.5, 0.6) is 5.75 Å². The van der Waals surface area contributed by atoms with Crippen molar-refractivity contribution in [2.75, 3.05) is 5.32 Å². The van der Waals surface area contributed by atoms with Crippen molar-refractivity contribution in [2.45, 2.75) is 25.0 Å². The summed E-state index contributed by atoms with van der Waals surface area (Å²) in [6.07, 6.45) is 1.83. The lowest BCUT2D eigenvalue weighted by atomic mass is 9.78. The maximum Gasteiger partial charge on any atom is 0.226 e. The van der Waals surface area contributed by atoms with Gasteiger partial charge in [0.25, 0.3) is 0 Å². The van der Waals surface area contributed by atoms with Gasteiger partial charge in [-0.1, -0.05) is 48.5 Å². The van der Waals surface area contributed by atoms with Crippen molar-refractivity contribution < 1.29 is 9.53 Å². The van der Waals surface area contributed by atoms with Gasteiger partial charge in [0.15, 0.2) is 5.78 Å². The Balaban J connectivity index is 1.51. The average molecular weight is 368 g/mol. The molecule has 0 saturated carbocycles. The highest BCUT2D eigenvalue weighted by Gasteiger charge is 2.54. The van der Waals surface area contributed by atoms with E-state index < -0.39 is 5.72 Å². The average Bonchev–Trinajstić information content (AvgIpc) is 2.94. The highest BCUT2D eigenvalue weighted by atomic mass is 16.5. The summed E-state index contributed by atoms with van der Waals surface area (Å²) in [5, 5.41) is 3.51. The van der Waals surface area contributed by atoms with Gasteiger partial charge in [-0.2, -0.15) is 0 Å². The Labute approximate surface area is 163 Å². The second-order valence-electron chi connectivity index (χ2n) is 7.77. The molecule has 4 heteroatoms. The number of aliphatic imine (C=N–C) groups is 1. The quantitative estimate of drug-likeness (QED) is 0.639. The van der Waals surface area contributed by atoms with E-state index in [1.165, 1.54) is 5.56 Å². The molecule has 138 valence electrons. The molecule has 3 aromatic carbocycles. The van der Waals surface area contributed by atoms with E-state index in [-0.39, 0.29) is 11.2 Å². The van der Waals surface area contributed by atoms with E-state index in [1.54, 1.807) is 12.1 Å². The summed E-state index contributed by atoms with van der Waals surface area (Å²) in [7, 11) is 0. The third kappa shape index (κ3) is 2.31. The SMILES string of the molecule is CC1(C)c2ccccc2NC12C=Nc1cc(C(=O)c3ccccc3)ccc1O2. The lowest BCUT2D eigenvalue weighted by molar-refractivity contribution is 0.103. The molecular weight excluding hydrogens is 348 g/mol. The van der Waals surface area contributed by atoms with Crippen LogP contribution in [-0.4, -0.2) is 17.7 Å². The third-order valence-electron chi connectivity index (χ3n) is 5.76. The van der Waals surface area contributed by atoms with Gasteiger partial charge in [-0.3, -0.25) is 9.79 Å². The van der Waals surface area contributed by atoms with E-state index in [2.05, 4.69) is 36.3 Å². The number of fused-ring (bicyclic) bond motifs is 2. The Morgan fingerprint density at radius 1 is 0.929 bits per heavy atom. The number of benzene rings is 3. The molecule has 0 fully saturated rings. The van der Waals surface area contributed by atoms with Crippen LogP contribution in [0.1, 0.15) is 35.3 Å². The topological polar surface area (TPSA) is 50.7 Å².